The van der Waals surface area contributed by atoms with Crippen LogP contribution in [-0.2, 0) is 9.47 Å². The molecule has 1 unspecified atom stereocenters. The molecule has 82 valence electrons. The molecule has 0 aliphatic rings. The van der Waals surface area contributed by atoms with E-state index in [0.29, 0.717) is 19.8 Å². The van der Waals surface area contributed by atoms with E-state index < -0.39 is 6.23 Å². The average Bonchev–Trinajstić information content (AvgIpc) is 2.00. The number of rotatable bonds is 5. The summed E-state index contributed by atoms with van der Waals surface area (Å²) in [6.45, 7) is 3.18. The number of ether oxygens (including phenoxy) is 2. The van der Waals surface area contributed by atoms with Crippen molar-refractivity contribution in [2.24, 2.45) is 11.5 Å². The molecule has 4 N–H and O–H groups in total. The highest BCUT2D eigenvalue weighted by molar-refractivity contribution is 7.80. The Labute approximate surface area is 96.1 Å². The molecule has 0 aliphatic heterocycles. The molecule has 0 aromatic heterocycles. The molecule has 0 aromatic carbocycles. The number of hydrogen-bond donors (Lipinski definition) is 2. The molecule has 0 saturated heterocycles. The molecule has 0 aromatic rings. The van der Waals surface area contributed by atoms with Gasteiger partial charge in [-0.3, -0.25) is 5.73 Å². The molecule has 0 radical (unpaired) electrons. The third kappa shape index (κ3) is 10.3. The third-order valence-electron chi connectivity index (χ3n) is 0.934. The molecular formula is C6H16Cl2N2O2S. The Morgan fingerprint density at radius 1 is 1.46 bits per heavy atom. The maximum atomic E-state index is 5.45. The van der Waals surface area contributed by atoms with Gasteiger partial charge in [0.25, 0.3) is 0 Å². The van der Waals surface area contributed by atoms with E-state index in [1.807, 2.05) is 6.92 Å². The van der Waals surface area contributed by atoms with Crippen molar-refractivity contribution in [2.75, 3.05) is 19.8 Å². The number of nitrogens with two attached hydrogens (primary N) is 2. The Hall–Kier alpha value is 0.350. The molecule has 0 amide bonds. The number of hydrogen-bond acceptors (Lipinski definition) is 5. The largest absolute Gasteiger partial charge is 0.484 e. The van der Waals surface area contributed by atoms with Gasteiger partial charge < -0.3 is 15.2 Å². The van der Waals surface area contributed by atoms with Crippen molar-refractivity contribution in [1.29, 1.82) is 0 Å². The van der Waals surface area contributed by atoms with Gasteiger partial charge in [0, 0.05) is 6.54 Å². The summed E-state index contributed by atoms with van der Waals surface area (Å²) in [4.78, 5) is 0. The summed E-state index contributed by atoms with van der Waals surface area (Å²) in [6, 6.07) is 0. The first-order valence-electron chi connectivity index (χ1n) is 3.46. The summed E-state index contributed by atoms with van der Waals surface area (Å²) in [5.74, 6) is 0. The SMILES string of the molecule is CCOC(=S)C(N)OCCN.Cl.Cl. The molecule has 0 spiro atoms. The van der Waals surface area contributed by atoms with E-state index >= 15 is 0 Å². The standard InChI is InChI=1S/C6H14N2O2S.2ClH/c1-2-9-6(11)5(8)10-4-3-7;;/h5H,2-4,7-8H2,1H3;2*1H. The minimum Gasteiger partial charge on any atom is -0.484 e. The van der Waals surface area contributed by atoms with E-state index in [1.165, 1.54) is 0 Å². The van der Waals surface area contributed by atoms with Crippen molar-refractivity contribution in [3.8, 4) is 0 Å². The smallest absolute Gasteiger partial charge is 0.204 e. The van der Waals surface area contributed by atoms with Crippen molar-refractivity contribution in [3.63, 3.8) is 0 Å². The van der Waals surface area contributed by atoms with Crippen molar-refractivity contribution >= 4 is 42.1 Å². The molecule has 0 saturated carbocycles. The average molecular weight is 251 g/mol. The Kier molecular flexibility index (Phi) is 18.1. The van der Waals surface area contributed by atoms with Crippen molar-refractivity contribution in [2.45, 2.75) is 13.2 Å². The van der Waals surface area contributed by atoms with Crippen LogP contribution in [0.3, 0.4) is 0 Å². The quantitative estimate of drug-likeness (QED) is 0.548. The molecule has 0 rings (SSSR count). The van der Waals surface area contributed by atoms with Crippen LogP contribution in [0.1, 0.15) is 6.92 Å². The van der Waals surface area contributed by atoms with E-state index in [-0.39, 0.29) is 29.9 Å². The van der Waals surface area contributed by atoms with E-state index in [0.717, 1.165) is 0 Å². The van der Waals surface area contributed by atoms with Gasteiger partial charge in [0.2, 0.25) is 5.05 Å². The first-order valence-corrected chi connectivity index (χ1v) is 3.87. The summed E-state index contributed by atoms with van der Waals surface area (Å²) >= 11 is 4.78. The fourth-order valence-electron chi connectivity index (χ4n) is 0.487. The summed E-state index contributed by atoms with van der Waals surface area (Å²) < 4.78 is 9.93. The summed E-state index contributed by atoms with van der Waals surface area (Å²) in [5, 5.41) is 0.279. The minimum atomic E-state index is -0.631. The lowest BCUT2D eigenvalue weighted by Crippen LogP contribution is -2.35. The van der Waals surface area contributed by atoms with Crippen LogP contribution in [0.15, 0.2) is 0 Å². The second-order valence-corrected chi connectivity index (χ2v) is 2.23. The summed E-state index contributed by atoms with van der Waals surface area (Å²) in [6.07, 6.45) is -0.631. The summed E-state index contributed by atoms with van der Waals surface area (Å²) in [7, 11) is 0. The highest BCUT2D eigenvalue weighted by Crippen LogP contribution is 1.90. The van der Waals surface area contributed by atoms with E-state index in [1.54, 1.807) is 0 Å². The van der Waals surface area contributed by atoms with E-state index in [9.17, 15) is 0 Å². The molecule has 13 heavy (non-hydrogen) atoms. The fraction of sp³-hybridized carbons (Fsp3) is 0.833. The van der Waals surface area contributed by atoms with Crippen LogP contribution in [0, 0.1) is 0 Å². The zero-order valence-electron chi connectivity index (χ0n) is 7.39. The normalized spacial score (nSPS) is 10.7. The van der Waals surface area contributed by atoms with Gasteiger partial charge in [-0.05, 0) is 19.1 Å². The van der Waals surface area contributed by atoms with E-state index in [4.69, 9.17) is 33.2 Å². The molecule has 1 atom stereocenters. The Morgan fingerprint density at radius 2 is 2.00 bits per heavy atom. The maximum Gasteiger partial charge on any atom is 0.204 e. The molecular weight excluding hydrogens is 235 g/mol. The van der Waals surface area contributed by atoms with Gasteiger partial charge in [-0.15, -0.1) is 24.8 Å². The monoisotopic (exact) mass is 250 g/mol. The predicted molar refractivity (Wildman–Crippen MR) is 61.7 cm³/mol. The van der Waals surface area contributed by atoms with Gasteiger partial charge in [0.15, 0.2) is 6.23 Å². The lowest BCUT2D eigenvalue weighted by atomic mass is 10.6. The van der Waals surface area contributed by atoms with Crippen LogP contribution in [-0.4, -0.2) is 31.0 Å². The zero-order chi connectivity index (χ0) is 8.69. The molecule has 0 aliphatic carbocycles. The van der Waals surface area contributed by atoms with Crippen LogP contribution in [0.4, 0.5) is 0 Å². The van der Waals surface area contributed by atoms with Gasteiger partial charge in [-0.25, -0.2) is 0 Å². The highest BCUT2D eigenvalue weighted by Gasteiger charge is 2.08. The third-order valence-corrected chi connectivity index (χ3v) is 1.28. The van der Waals surface area contributed by atoms with Gasteiger partial charge in [0.1, 0.15) is 0 Å². The van der Waals surface area contributed by atoms with Gasteiger partial charge in [0.05, 0.1) is 13.2 Å². The molecule has 7 heteroatoms. The zero-order valence-corrected chi connectivity index (χ0v) is 9.84. The summed E-state index contributed by atoms with van der Waals surface area (Å²) in [5.41, 5.74) is 10.6. The second kappa shape index (κ2) is 12.3. The second-order valence-electron chi connectivity index (χ2n) is 1.83. The first-order chi connectivity index (χ1) is 5.22. The fourth-order valence-corrected chi connectivity index (χ4v) is 0.673. The molecule has 4 nitrogen and oxygen atoms in total. The molecule has 0 fully saturated rings. The van der Waals surface area contributed by atoms with Gasteiger partial charge in [-0.2, -0.15) is 0 Å². The molecule has 0 bridgehead atoms. The highest BCUT2D eigenvalue weighted by atomic mass is 35.5. The van der Waals surface area contributed by atoms with Crippen LogP contribution in [0.5, 0.6) is 0 Å². The predicted octanol–water partition coefficient (Wildman–Crippen LogP) is 0.454. The Balaban J connectivity index is -0.000000500. The topological polar surface area (TPSA) is 70.5 Å². The van der Waals surface area contributed by atoms with Crippen LogP contribution in [0.25, 0.3) is 0 Å². The number of halogens is 2. The van der Waals surface area contributed by atoms with Gasteiger partial charge >= 0.3 is 0 Å². The minimum absolute atomic E-state index is 0. The van der Waals surface area contributed by atoms with Gasteiger partial charge in [-0.1, -0.05) is 0 Å². The maximum absolute atomic E-state index is 5.45. The number of thiocarbonyl (C=S) groups is 1. The molecule has 0 heterocycles. The van der Waals surface area contributed by atoms with Crippen LogP contribution < -0.4 is 11.5 Å². The lowest BCUT2D eigenvalue weighted by Gasteiger charge is -2.12. The van der Waals surface area contributed by atoms with Crippen molar-refractivity contribution in [3.05, 3.63) is 0 Å². The first kappa shape index (κ1) is 19.0. The van der Waals surface area contributed by atoms with E-state index in [2.05, 4.69) is 0 Å². The Bertz CT molecular complexity index is 129. The van der Waals surface area contributed by atoms with Crippen LogP contribution in [0.2, 0.25) is 0 Å². The Morgan fingerprint density at radius 3 is 2.38 bits per heavy atom. The van der Waals surface area contributed by atoms with Crippen LogP contribution >= 0.6 is 37.0 Å². The van der Waals surface area contributed by atoms with Crippen molar-refractivity contribution in [1.82, 2.24) is 0 Å². The lowest BCUT2D eigenvalue weighted by molar-refractivity contribution is 0.0918. The van der Waals surface area contributed by atoms with Crippen molar-refractivity contribution < 1.29 is 9.47 Å².